The number of aromatic nitrogens is 2. The summed E-state index contributed by atoms with van der Waals surface area (Å²) in [5, 5.41) is 8.24. The summed E-state index contributed by atoms with van der Waals surface area (Å²) < 4.78 is 1.95. The summed E-state index contributed by atoms with van der Waals surface area (Å²) in [7, 11) is 2.02. The lowest BCUT2D eigenvalue weighted by molar-refractivity contribution is 0.299. The van der Waals surface area contributed by atoms with Crippen LogP contribution in [0.4, 0.5) is 0 Å². The first kappa shape index (κ1) is 14.6. The standard InChI is InChI=1S/C16H29N3/c1-4-10-17-16(11-14-8-6-5-7-9-14)15-12-19(3)18-13(15)2/h12,14,16-17H,4-11H2,1-3H3. The van der Waals surface area contributed by atoms with Gasteiger partial charge in [0.25, 0.3) is 0 Å². The van der Waals surface area contributed by atoms with Gasteiger partial charge in [0, 0.05) is 24.8 Å². The molecule has 0 bridgehead atoms. The van der Waals surface area contributed by atoms with E-state index in [-0.39, 0.29) is 0 Å². The van der Waals surface area contributed by atoms with E-state index < -0.39 is 0 Å². The Morgan fingerprint density at radius 1 is 1.37 bits per heavy atom. The predicted molar refractivity (Wildman–Crippen MR) is 80.2 cm³/mol. The Kier molecular flexibility index (Phi) is 5.44. The highest BCUT2D eigenvalue weighted by Gasteiger charge is 2.22. The Labute approximate surface area is 117 Å². The molecule has 1 saturated carbocycles. The van der Waals surface area contributed by atoms with Crippen molar-refractivity contribution in [1.82, 2.24) is 15.1 Å². The third-order valence-electron chi connectivity index (χ3n) is 4.36. The minimum Gasteiger partial charge on any atom is -0.310 e. The molecular formula is C16H29N3. The maximum atomic E-state index is 4.51. The molecule has 0 aliphatic heterocycles. The van der Waals surface area contributed by atoms with Gasteiger partial charge >= 0.3 is 0 Å². The van der Waals surface area contributed by atoms with Gasteiger partial charge < -0.3 is 5.32 Å². The molecule has 1 fully saturated rings. The van der Waals surface area contributed by atoms with Gasteiger partial charge in [0.2, 0.25) is 0 Å². The SMILES string of the molecule is CCCNC(CC1CCCCC1)c1cn(C)nc1C. The Bertz CT molecular complexity index is 377. The lowest BCUT2D eigenvalue weighted by Gasteiger charge is -2.27. The molecule has 19 heavy (non-hydrogen) atoms. The molecule has 1 atom stereocenters. The molecule has 1 unspecified atom stereocenters. The zero-order chi connectivity index (χ0) is 13.7. The summed E-state index contributed by atoms with van der Waals surface area (Å²) in [6, 6.07) is 0.497. The van der Waals surface area contributed by atoms with Crippen molar-refractivity contribution in [2.45, 2.75) is 64.8 Å². The molecule has 1 aromatic rings. The lowest BCUT2D eigenvalue weighted by atomic mass is 9.83. The van der Waals surface area contributed by atoms with Crippen LogP contribution in [0.5, 0.6) is 0 Å². The largest absolute Gasteiger partial charge is 0.310 e. The van der Waals surface area contributed by atoms with Crippen molar-refractivity contribution in [2.75, 3.05) is 6.54 Å². The molecule has 1 aliphatic carbocycles. The van der Waals surface area contributed by atoms with Crippen molar-refractivity contribution in [3.8, 4) is 0 Å². The second-order valence-corrected chi connectivity index (χ2v) is 6.09. The molecule has 0 amide bonds. The molecule has 2 rings (SSSR count). The van der Waals surface area contributed by atoms with Crippen LogP contribution in [-0.2, 0) is 7.05 Å². The third kappa shape index (κ3) is 4.07. The molecule has 1 heterocycles. The van der Waals surface area contributed by atoms with Crippen molar-refractivity contribution in [1.29, 1.82) is 0 Å². The highest BCUT2D eigenvalue weighted by Crippen LogP contribution is 2.32. The van der Waals surface area contributed by atoms with Crippen molar-refractivity contribution in [3.05, 3.63) is 17.5 Å². The van der Waals surface area contributed by atoms with Crippen molar-refractivity contribution < 1.29 is 0 Å². The van der Waals surface area contributed by atoms with Gasteiger partial charge in [-0.3, -0.25) is 4.68 Å². The molecule has 1 N–H and O–H groups in total. The number of aryl methyl sites for hydroxylation is 2. The fourth-order valence-corrected chi connectivity index (χ4v) is 3.36. The fourth-order valence-electron chi connectivity index (χ4n) is 3.36. The van der Waals surface area contributed by atoms with Crippen LogP contribution in [0.15, 0.2) is 6.20 Å². The first-order valence-corrected chi connectivity index (χ1v) is 7.94. The summed E-state index contributed by atoms with van der Waals surface area (Å²) in [4.78, 5) is 0. The molecular weight excluding hydrogens is 234 g/mol. The fraction of sp³-hybridized carbons (Fsp3) is 0.812. The Morgan fingerprint density at radius 3 is 2.68 bits per heavy atom. The molecule has 0 saturated heterocycles. The average molecular weight is 263 g/mol. The Hall–Kier alpha value is -0.830. The second-order valence-electron chi connectivity index (χ2n) is 6.09. The number of hydrogen-bond donors (Lipinski definition) is 1. The minimum absolute atomic E-state index is 0.497. The topological polar surface area (TPSA) is 29.9 Å². The van der Waals surface area contributed by atoms with Gasteiger partial charge in [-0.2, -0.15) is 5.10 Å². The van der Waals surface area contributed by atoms with Gasteiger partial charge in [-0.1, -0.05) is 39.0 Å². The van der Waals surface area contributed by atoms with Crippen LogP contribution < -0.4 is 5.32 Å². The maximum absolute atomic E-state index is 4.51. The van der Waals surface area contributed by atoms with Crippen molar-refractivity contribution >= 4 is 0 Å². The van der Waals surface area contributed by atoms with E-state index in [1.165, 1.54) is 56.2 Å². The molecule has 3 heteroatoms. The smallest absolute Gasteiger partial charge is 0.0641 e. The van der Waals surface area contributed by atoms with E-state index in [2.05, 4.69) is 30.5 Å². The van der Waals surface area contributed by atoms with Gasteiger partial charge in [0.15, 0.2) is 0 Å². The Morgan fingerprint density at radius 2 is 2.11 bits per heavy atom. The number of rotatable bonds is 6. The monoisotopic (exact) mass is 263 g/mol. The average Bonchev–Trinajstić information content (AvgIpc) is 2.75. The van der Waals surface area contributed by atoms with E-state index >= 15 is 0 Å². The number of nitrogens with zero attached hydrogens (tertiary/aromatic N) is 2. The van der Waals surface area contributed by atoms with Gasteiger partial charge in [0.1, 0.15) is 0 Å². The Balaban J connectivity index is 2.04. The number of hydrogen-bond acceptors (Lipinski definition) is 2. The van der Waals surface area contributed by atoms with Crippen molar-refractivity contribution in [3.63, 3.8) is 0 Å². The molecule has 108 valence electrons. The first-order chi connectivity index (χ1) is 9.20. The molecule has 0 radical (unpaired) electrons. The van der Waals surface area contributed by atoms with E-state index in [1.54, 1.807) is 0 Å². The molecule has 0 spiro atoms. The first-order valence-electron chi connectivity index (χ1n) is 7.94. The van der Waals surface area contributed by atoms with Gasteiger partial charge in [-0.05, 0) is 32.2 Å². The van der Waals surface area contributed by atoms with Gasteiger partial charge in [-0.15, -0.1) is 0 Å². The third-order valence-corrected chi connectivity index (χ3v) is 4.36. The van der Waals surface area contributed by atoms with E-state index in [0.29, 0.717) is 6.04 Å². The quantitative estimate of drug-likeness (QED) is 0.847. The molecule has 1 aliphatic rings. The number of nitrogens with one attached hydrogen (secondary N) is 1. The zero-order valence-corrected chi connectivity index (χ0v) is 12.8. The molecule has 1 aromatic heterocycles. The summed E-state index contributed by atoms with van der Waals surface area (Å²) in [5.41, 5.74) is 2.59. The van der Waals surface area contributed by atoms with Crippen LogP contribution in [0.1, 0.15) is 69.2 Å². The van der Waals surface area contributed by atoms with E-state index in [1.807, 2.05) is 11.7 Å². The van der Waals surface area contributed by atoms with Crippen LogP contribution in [-0.4, -0.2) is 16.3 Å². The predicted octanol–water partition coefficient (Wildman–Crippen LogP) is 3.74. The maximum Gasteiger partial charge on any atom is 0.0641 e. The van der Waals surface area contributed by atoms with E-state index in [4.69, 9.17) is 0 Å². The molecule has 0 aromatic carbocycles. The highest BCUT2D eigenvalue weighted by molar-refractivity contribution is 5.20. The lowest BCUT2D eigenvalue weighted by Crippen LogP contribution is -2.25. The van der Waals surface area contributed by atoms with E-state index in [0.717, 1.165) is 12.5 Å². The highest BCUT2D eigenvalue weighted by atomic mass is 15.3. The van der Waals surface area contributed by atoms with Crippen molar-refractivity contribution in [2.24, 2.45) is 13.0 Å². The second kappa shape index (κ2) is 7.09. The van der Waals surface area contributed by atoms with Gasteiger partial charge in [0.05, 0.1) is 5.69 Å². The summed E-state index contributed by atoms with van der Waals surface area (Å²) in [6.45, 7) is 5.48. The van der Waals surface area contributed by atoms with Crippen LogP contribution in [0.25, 0.3) is 0 Å². The van der Waals surface area contributed by atoms with Crippen LogP contribution in [0.3, 0.4) is 0 Å². The van der Waals surface area contributed by atoms with Crippen LogP contribution >= 0.6 is 0 Å². The van der Waals surface area contributed by atoms with Crippen LogP contribution in [0, 0.1) is 12.8 Å². The summed E-state index contributed by atoms with van der Waals surface area (Å²) >= 11 is 0. The van der Waals surface area contributed by atoms with Crippen LogP contribution in [0.2, 0.25) is 0 Å². The van der Waals surface area contributed by atoms with Gasteiger partial charge in [-0.25, -0.2) is 0 Å². The normalized spacial score (nSPS) is 18.7. The minimum atomic E-state index is 0.497. The zero-order valence-electron chi connectivity index (χ0n) is 12.8. The molecule has 3 nitrogen and oxygen atoms in total. The van der Waals surface area contributed by atoms with E-state index in [9.17, 15) is 0 Å². The summed E-state index contributed by atoms with van der Waals surface area (Å²) in [5.74, 6) is 0.905. The summed E-state index contributed by atoms with van der Waals surface area (Å²) in [6.07, 6.45) is 11.8.